The molecule has 0 unspecified atom stereocenters. The van der Waals surface area contributed by atoms with Gasteiger partial charge >= 0.3 is 0 Å². The standard InChI is InChI=1S/C9H14N4O/c10-7-4-8(6-12-5-7)13-3-1-2-9(11)14/h4-6,13H,1-3,10H2,(H2,11,14). The van der Waals surface area contributed by atoms with Crippen LogP contribution in [0.15, 0.2) is 18.5 Å². The van der Waals surface area contributed by atoms with E-state index >= 15 is 0 Å². The minimum absolute atomic E-state index is 0.280. The number of hydrogen-bond donors (Lipinski definition) is 3. The summed E-state index contributed by atoms with van der Waals surface area (Å²) in [4.78, 5) is 14.3. The Bertz CT molecular complexity index is 313. The van der Waals surface area contributed by atoms with E-state index in [9.17, 15) is 4.79 Å². The molecule has 0 bridgehead atoms. The summed E-state index contributed by atoms with van der Waals surface area (Å²) in [7, 11) is 0. The predicted molar refractivity (Wildman–Crippen MR) is 55.6 cm³/mol. The van der Waals surface area contributed by atoms with Crippen molar-refractivity contribution in [3.05, 3.63) is 18.5 Å². The fraction of sp³-hybridized carbons (Fsp3) is 0.333. The zero-order chi connectivity index (χ0) is 10.4. The Hall–Kier alpha value is -1.78. The molecule has 0 aliphatic carbocycles. The van der Waals surface area contributed by atoms with Crippen molar-refractivity contribution in [3.63, 3.8) is 0 Å². The lowest BCUT2D eigenvalue weighted by Crippen LogP contribution is -2.12. The highest BCUT2D eigenvalue weighted by Crippen LogP contribution is 2.09. The fourth-order valence-electron chi connectivity index (χ4n) is 1.05. The molecule has 0 atom stereocenters. The molecule has 76 valence electrons. The van der Waals surface area contributed by atoms with Crippen LogP contribution in [0, 0.1) is 0 Å². The van der Waals surface area contributed by atoms with Gasteiger partial charge in [0.15, 0.2) is 0 Å². The van der Waals surface area contributed by atoms with Crippen molar-refractivity contribution in [1.82, 2.24) is 4.98 Å². The second kappa shape index (κ2) is 5.06. The van der Waals surface area contributed by atoms with Gasteiger partial charge in [-0.2, -0.15) is 0 Å². The van der Waals surface area contributed by atoms with Gasteiger partial charge in [0, 0.05) is 19.2 Å². The molecule has 0 aliphatic rings. The molecular formula is C9H14N4O. The number of nitrogens with zero attached hydrogens (tertiary/aromatic N) is 1. The molecule has 0 saturated carbocycles. The molecule has 1 rings (SSSR count). The highest BCUT2D eigenvalue weighted by Gasteiger charge is 1.95. The highest BCUT2D eigenvalue weighted by atomic mass is 16.1. The third kappa shape index (κ3) is 3.75. The molecular weight excluding hydrogens is 180 g/mol. The molecule has 1 amide bonds. The van der Waals surface area contributed by atoms with Gasteiger partial charge in [-0.05, 0) is 12.5 Å². The van der Waals surface area contributed by atoms with Crippen molar-refractivity contribution in [1.29, 1.82) is 0 Å². The van der Waals surface area contributed by atoms with Gasteiger partial charge < -0.3 is 16.8 Å². The van der Waals surface area contributed by atoms with Crippen LogP contribution in [0.3, 0.4) is 0 Å². The topological polar surface area (TPSA) is 94.0 Å². The highest BCUT2D eigenvalue weighted by molar-refractivity contribution is 5.73. The number of nitrogens with one attached hydrogen (secondary N) is 1. The van der Waals surface area contributed by atoms with Crippen LogP contribution in [-0.4, -0.2) is 17.4 Å². The van der Waals surface area contributed by atoms with Crippen molar-refractivity contribution in [3.8, 4) is 0 Å². The quantitative estimate of drug-likeness (QED) is 0.589. The molecule has 5 nitrogen and oxygen atoms in total. The zero-order valence-electron chi connectivity index (χ0n) is 7.86. The summed E-state index contributed by atoms with van der Waals surface area (Å²) in [6.07, 6.45) is 4.36. The summed E-state index contributed by atoms with van der Waals surface area (Å²) < 4.78 is 0. The van der Waals surface area contributed by atoms with E-state index in [1.165, 1.54) is 0 Å². The first-order chi connectivity index (χ1) is 6.68. The van der Waals surface area contributed by atoms with E-state index in [0.717, 1.165) is 5.69 Å². The monoisotopic (exact) mass is 194 g/mol. The first-order valence-corrected chi connectivity index (χ1v) is 4.41. The van der Waals surface area contributed by atoms with Gasteiger partial charge in [0.2, 0.25) is 5.91 Å². The third-order valence-electron chi connectivity index (χ3n) is 1.69. The zero-order valence-corrected chi connectivity index (χ0v) is 7.86. The fourth-order valence-corrected chi connectivity index (χ4v) is 1.05. The maximum Gasteiger partial charge on any atom is 0.217 e. The largest absolute Gasteiger partial charge is 0.397 e. The van der Waals surface area contributed by atoms with Gasteiger partial charge in [-0.15, -0.1) is 0 Å². The Morgan fingerprint density at radius 3 is 2.93 bits per heavy atom. The number of pyridine rings is 1. The Balaban J connectivity index is 2.28. The lowest BCUT2D eigenvalue weighted by atomic mass is 10.3. The number of carbonyl (C=O) groups excluding carboxylic acids is 1. The van der Waals surface area contributed by atoms with Crippen LogP contribution < -0.4 is 16.8 Å². The van der Waals surface area contributed by atoms with Crippen LogP contribution in [-0.2, 0) is 4.79 Å². The van der Waals surface area contributed by atoms with Gasteiger partial charge in [0.1, 0.15) is 0 Å². The Morgan fingerprint density at radius 2 is 2.29 bits per heavy atom. The van der Waals surface area contributed by atoms with E-state index in [-0.39, 0.29) is 5.91 Å². The van der Waals surface area contributed by atoms with Crippen LogP contribution >= 0.6 is 0 Å². The normalized spacial score (nSPS) is 9.71. The molecule has 0 radical (unpaired) electrons. The smallest absolute Gasteiger partial charge is 0.217 e. The summed E-state index contributed by atoms with van der Waals surface area (Å²) in [6, 6.07) is 1.79. The van der Waals surface area contributed by atoms with E-state index in [2.05, 4.69) is 10.3 Å². The minimum Gasteiger partial charge on any atom is -0.397 e. The second-order valence-corrected chi connectivity index (χ2v) is 3.00. The molecule has 0 aliphatic heterocycles. The predicted octanol–water partition coefficient (Wildman–Crippen LogP) is 0.341. The lowest BCUT2D eigenvalue weighted by molar-refractivity contribution is -0.118. The van der Waals surface area contributed by atoms with E-state index in [4.69, 9.17) is 11.5 Å². The molecule has 0 spiro atoms. The molecule has 0 aromatic carbocycles. The lowest BCUT2D eigenvalue weighted by Gasteiger charge is -2.04. The van der Waals surface area contributed by atoms with Crippen molar-refractivity contribution >= 4 is 17.3 Å². The number of rotatable bonds is 5. The number of primary amides is 1. The van der Waals surface area contributed by atoms with Gasteiger partial charge in [-0.3, -0.25) is 9.78 Å². The van der Waals surface area contributed by atoms with Gasteiger partial charge in [-0.25, -0.2) is 0 Å². The van der Waals surface area contributed by atoms with Crippen molar-refractivity contribution in [2.45, 2.75) is 12.8 Å². The Kier molecular flexibility index (Phi) is 3.72. The molecule has 1 heterocycles. The minimum atomic E-state index is -0.280. The summed E-state index contributed by atoms with van der Waals surface area (Å²) >= 11 is 0. The molecule has 0 saturated heterocycles. The van der Waals surface area contributed by atoms with Crippen LogP contribution in [0.2, 0.25) is 0 Å². The molecule has 5 heteroatoms. The number of nitrogens with two attached hydrogens (primary N) is 2. The second-order valence-electron chi connectivity index (χ2n) is 3.00. The Labute approximate surface area is 82.5 Å². The van der Waals surface area contributed by atoms with E-state index in [1.807, 2.05) is 0 Å². The van der Waals surface area contributed by atoms with E-state index < -0.39 is 0 Å². The van der Waals surface area contributed by atoms with Crippen LogP contribution in [0.1, 0.15) is 12.8 Å². The van der Waals surface area contributed by atoms with Crippen LogP contribution in [0.5, 0.6) is 0 Å². The number of amides is 1. The van der Waals surface area contributed by atoms with Crippen molar-refractivity contribution in [2.24, 2.45) is 5.73 Å². The first kappa shape index (κ1) is 10.3. The molecule has 0 fully saturated rings. The average molecular weight is 194 g/mol. The van der Waals surface area contributed by atoms with E-state index in [0.29, 0.717) is 25.1 Å². The number of nitrogen functional groups attached to an aromatic ring is 1. The summed E-state index contributed by atoms with van der Waals surface area (Å²) in [5.41, 5.74) is 12.0. The maximum absolute atomic E-state index is 10.4. The van der Waals surface area contributed by atoms with Gasteiger partial charge in [-0.1, -0.05) is 0 Å². The summed E-state index contributed by atoms with van der Waals surface area (Å²) in [5, 5.41) is 3.09. The SMILES string of the molecule is NC(=O)CCCNc1cncc(N)c1. The third-order valence-corrected chi connectivity index (χ3v) is 1.69. The number of hydrogen-bond acceptors (Lipinski definition) is 4. The van der Waals surface area contributed by atoms with Crippen molar-refractivity contribution in [2.75, 3.05) is 17.6 Å². The van der Waals surface area contributed by atoms with Crippen molar-refractivity contribution < 1.29 is 4.79 Å². The number of anilines is 2. The maximum atomic E-state index is 10.4. The molecule has 1 aromatic rings. The van der Waals surface area contributed by atoms with E-state index in [1.54, 1.807) is 18.5 Å². The average Bonchev–Trinajstić information content (AvgIpc) is 2.12. The first-order valence-electron chi connectivity index (χ1n) is 4.41. The number of aromatic nitrogens is 1. The summed E-state index contributed by atoms with van der Waals surface area (Å²) in [5.74, 6) is -0.280. The molecule has 1 aromatic heterocycles. The van der Waals surface area contributed by atoms with Crippen LogP contribution in [0.25, 0.3) is 0 Å². The number of carbonyl (C=O) groups is 1. The summed E-state index contributed by atoms with van der Waals surface area (Å²) in [6.45, 7) is 0.689. The van der Waals surface area contributed by atoms with Gasteiger partial charge in [0.05, 0.1) is 17.6 Å². The van der Waals surface area contributed by atoms with Crippen LogP contribution in [0.4, 0.5) is 11.4 Å². The van der Waals surface area contributed by atoms with Gasteiger partial charge in [0.25, 0.3) is 0 Å². The Morgan fingerprint density at radius 1 is 1.50 bits per heavy atom. The molecule has 14 heavy (non-hydrogen) atoms. The molecule has 5 N–H and O–H groups in total.